The summed E-state index contributed by atoms with van der Waals surface area (Å²) in [6.45, 7) is 0.349. The van der Waals surface area contributed by atoms with Gasteiger partial charge in [-0.1, -0.05) is 11.3 Å². The number of aromatic nitrogens is 1. The van der Waals surface area contributed by atoms with Crippen LogP contribution in [0.4, 0.5) is 0 Å². The second-order valence-electron chi connectivity index (χ2n) is 3.38. The van der Waals surface area contributed by atoms with E-state index in [2.05, 4.69) is 5.10 Å². The van der Waals surface area contributed by atoms with Gasteiger partial charge in [-0.3, -0.25) is 0 Å². The summed E-state index contributed by atoms with van der Waals surface area (Å²) in [6, 6.07) is 4.79. The van der Waals surface area contributed by atoms with Crippen molar-refractivity contribution in [1.29, 1.82) is 0 Å². The van der Waals surface area contributed by atoms with Crippen molar-refractivity contribution in [1.82, 2.24) is 4.57 Å². The molecule has 1 aromatic heterocycles. The van der Waals surface area contributed by atoms with Crippen LogP contribution < -0.4 is 10.6 Å². The number of aliphatic hydroxyl groups excluding tert-OH is 1. The highest BCUT2D eigenvalue weighted by Gasteiger charge is 2.09. The van der Waals surface area contributed by atoms with E-state index in [0.29, 0.717) is 11.3 Å². The Balaban J connectivity index is 2.70. The van der Waals surface area contributed by atoms with Crippen molar-refractivity contribution >= 4 is 27.5 Å². The third-order valence-electron chi connectivity index (χ3n) is 2.36. The zero-order chi connectivity index (χ0) is 12.4. The number of aliphatic hydroxyl groups is 1. The highest BCUT2D eigenvalue weighted by Crippen LogP contribution is 2.19. The quantitative estimate of drug-likeness (QED) is 0.536. The van der Waals surface area contributed by atoms with Crippen LogP contribution in [0, 0.1) is 0 Å². The van der Waals surface area contributed by atoms with Gasteiger partial charge in [-0.25, -0.2) is 4.79 Å². The van der Waals surface area contributed by atoms with E-state index in [0.717, 1.165) is 10.2 Å². The van der Waals surface area contributed by atoms with Gasteiger partial charge in [0.15, 0.2) is 0 Å². The third kappa shape index (κ3) is 2.02. The molecule has 2 aromatic rings. The highest BCUT2D eigenvalue weighted by atomic mass is 32.1. The Kier molecular flexibility index (Phi) is 3.12. The minimum absolute atomic E-state index is 0.0281. The molecular weight excluding hydrogens is 242 g/mol. The van der Waals surface area contributed by atoms with Gasteiger partial charge in [0.1, 0.15) is 0 Å². The number of benzene rings is 1. The first-order valence-corrected chi connectivity index (χ1v) is 5.70. The second-order valence-corrected chi connectivity index (χ2v) is 4.39. The molecule has 1 heterocycles. The van der Waals surface area contributed by atoms with Crippen molar-refractivity contribution in [2.45, 2.75) is 6.54 Å². The van der Waals surface area contributed by atoms with E-state index in [-0.39, 0.29) is 12.2 Å². The molecule has 0 saturated carbocycles. The minimum Gasteiger partial charge on any atom is -0.478 e. The van der Waals surface area contributed by atoms with Crippen molar-refractivity contribution in [2.75, 3.05) is 6.61 Å². The van der Waals surface area contributed by atoms with E-state index < -0.39 is 5.97 Å². The SMILES string of the molecule is N/N=c1/sc2cc(C(=O)O)ccc2n1CCO. The van der Waals surface area contributed by atoms with Crippen molar-refractivity contribution in [3.8, 4) is 0 Å². The normalized spacial score (nSPS) is 12.2. The smallest absolute Gasteiger partial charge is 0.335 e. The van der Waals surface area contributed by atoms with Crippen LogP contribution in [-0.2, 0) is 6.54 Å². The zero-order valence-corrected chi connectivity index (χ0v) is 9.65. The van der Waals surface area contributed by atoms with Gasteiger partial charge in [-0.2, -0.15) is 5.10 Å². The molecule has 1 aromatic carbocycles. The van der Waals surface area contributed by atoms with Crippen LogP contribution in [0.5, 0.6) is 0 Å². The van der Waals surface area contributed by atoms with Gasteiger partial charge in [0.2, 0.25) is 4.80 Å². The molecule has 0 saturated heterocycles. The van der Waals surface area contributed by atoms with Crippen LogP contribution in [0.3, 0.4) is 0 Å². The summed E-state index contributed by atoms with van der Waals surface area (Å²) in [5.74, 6) is 4.29. The molecule has 0 amide bonds. The second kappa shape index (κ2) is 4.56. The number of hydrogen-bond acceptors (Lipinski definition) is 5. The molecule has 7 heteroatoms. The summed E-state index contributed by atoms with van der Waals surface area (Å²) in [5.41, 5.74) is 1.04. The molecule has 17 heavy (non-hydrogen) atoms. The van der Waals surface area contributed by atoms with Crippen molar-refractivity contribution in [3.05, 3.63) is 28.6 Å². The van der Waals surface area contributed by atoms with Gasteiger partial charge in [0, 0.05) is 6.54 Å². The molecule has 0 bridgehead atoms. The summed E-state index contributed by atoms with van der Waals surface area (Å²) in [7, 11) is 0. The number of thiazole rings is 1. The van der Waals surface area contributed by atoms with E-state index in [1.54, 1.807) is 16.7 Å². The van der Waals surface area contributed by atoms with Crippen molar-refractivity contribution in [3.63, 3.8) is 0 Å². The minimum atomic E-state index is -0.972. The monoisotopic (exact) mass is 253 g/mol. The first kappa shape index (κ1) is 11.6. The van der Waals surface area contributed by atoms with Gasteiger partial charge < -0.3 is 20.6 Å². The first-order valence-electron chi connectivity index (χ1n) is 4.89. The maximum Gasteiger partial charge on any atom is 0.335 e. The fourth-order valence-electron chi connectivity index (χ4n) is 1.62. The average Bonchev–Trinajstić information content (AvgIpc) is 2.67. The van der Waals surface area contributed by atoms with Gasteiger partial charge in [0.25, 0.3) is 0 Å². The summed E-state index contributed by atoms with van der Waals surface area (Å²) >= 11 is 1.29. The van der Waals surface area contributed by atoms with E-state index in [1.807, 2.05) is 0 Å². The molecule has 0 aliphatic carbocycles. The maximum atomic E-state index is 10.8. The Morgan fingerprint density at radius 1 is 1.53 bits per heavy atom. The van der Waals surface area contributed by atoms with Crippen LogP contribution in [0.25, 0.3) is 10.2 Å². The number of nitrogens with zero attached hydrogens (tertiary/aromatic N) is 2. The molecule has 6 nitrogen and oxygen atoms in total. The lowest BCUT2D eigenvalue weighted by Gasteiger charge is -2.01. The van der Waals surface area contributed by atoms with Crippen LogP contribution in [0.1, 0.15) is 10.4 Å². The number of fused-ring (bicyclic) bond motifs is 1. The number of carboxylic acid groups (broad SMARTS) is 1. The van der Waals surface area contributed by atoms with Gasteiger partial charge in [-0.15, -0.1) is 0 Å². The Morgan fingerprint density at radius 3 is 2.88 bits per heavy atom. The van der Waals surface area contributed by atoms with Crippen LogP contribution >= 0.6 is 11.3 Å². The van der Waals surface area contributed by atoms with Gasteiger partial charge in [-0.05, 0) is 18.2 Å². The van der Waals surface area contributed by atoms with E-state index >= 15 is 0 Å². The summed E-state index contributed by atoms with van der Waals surface area (Å²) in [5, 5.41) is 21.5. The maximum absolute atomic E-state index is 10.8. The number of nitrogens with two attached hydrogens (primary N) is 1. The van der Waals surface area contributed by atoms with E-state index in [1.165, 1.54) is 17.4 Å². The van der Waals surface area contributed by atoms with Crippen LogP contribution in [0.2, 0.25) is 0 Å². The standard InChI is InChI=1S/C10H11N3O3S/c11-12-10-13(3-4-14)7-2-1-6(9(15)16)5-8(7)17-10/h1-2,5,14H,3-4,11H2,(H,15,16)/b12-10+. The molecule has 0 atom stereocenters. The largest absolute Gasteiger partial charge is 0.478 e. The van der Waals surface area contributed by atoms with Crippen LogP contribution in [-0.4, -0.2) is 27.4 Å². The lowest BCUT2D eigenvalue weighted by molar-refractivity contribution is 0.0697. The number of aromatic carboxylic acids is 1. The topological polar surface area (TPSA) is 101 Å². The number of carbonyl (C=O) groups is 1. The Hall–Kier alpha value is -1.86. The summed E-state index contributed by atoms with van der Waals surface area (Å²) in [4.78, 5) is 11.4. The Morgan fingerprint density at radius 2 is 2.29 bits per heavy atom. The number of rotatable bonds is 3. The molecule has 90 valence electrons. The lowest BCUT2D eigenvalue weighted by Crippen LogP contribution is -2.18. The Labute approximate surface area is 100 Å². The van der Waals surface area contributed by atoms with Crippen molar-refractivity contribution in [2.24, 2.45) is 10.9 Å². The van der Waals surface area contributed by atoms with Crippen molar-refractivity contribution < 1.29 is 15.0 Å². The molecule has 0 fully saturated rings. The molecular formula is C10H11N3O3S. The molecule has 0 spiro atoms. The molecule has 0 aliphatic rings. The Bertz CT molecular complexity index is 629. The van der Waals surface area contributed by atoms with Gasteiger partial charge in [0.05, 0.1) is 22.4 Å². The summed E-state index contributed by atoms with van der Waals surface area (Å²) in [6.07, 6.45) is 0. The predicted octanol–water partition coefficient (Wildman–Crippen LogP) is 0.168. The third-order valence-corrected chi connectivity index (χ3v) is 3.42. The zero-order valence-electron chi connectivity index (χ0n) is 8.83. The lowest BCUT2D eigenvalue weighted by atomic mass is 10.2. The van der Waals surface area contributed by atoms with E-state index in [9.17, 15) is 4.79 Å². The average molecular weight is 253 g/mol. The molecule has 0 aliphatic heterocycles. The molecule has 4 N–H and O–H groups in total. The highest BCUT2D eigenvalue weighted by molar-refractivity contribution is 7.16. The number of carboxylic acids is 1. The summed E-state index contributed by atoms with van der Waals surface area (Å²) < 4.78 is 2.54. The molecule has 0 radical (unpaired) electrons. The molecule has 2 rings (SSSR count). The van der Waals surface area contributed by atoms with E-state index in [4.69, 9.17) is 16.1 Å². The number of hydrogen-bond donors (Lipinski definition) is 3. The fraction of sp³-hybridized carbons (Fsp3) is 0.200. The predicted molar refractivity (Wildman–Crippen MR) is 63.6 cm³/mol. The van der Waals surface area contributed by atoms with Gasteiger partial charge >= 0.3 is 5.97 Å². The fourth-order valence-corrected chi connectivity index (χ4v) is 2.64. The first-order chi connectivity index (χ1) is 8.17. The van der Waals surface area contributed by atoms with Crippen LogP contribution in [0.15, 0.2) is 23.3 Å². The molecule has 0 unspecified atom stereocenters.